The Kier molecular flexibility index (Phi) is 3.96. The number of rotatable bonds is 4. The molecule has 0 saturated heterocycles. The number of aromatic nitrogens is 4. The molecule has 5 nitrogen and oxygen atoms in total. The van der Waals surface area contributed by atoms with Gasteiger partial charge in [0.05, 0.1) is 28.6 Å². The number of halogens is 1. The van der Waals surface area contributed by atoms with E-state index in [2.05, 4.69) is 26.0 Å². The molecule has 3 heterocycles. The highest BCUT2D eigenvalue weighted by Gasteiger charge is 2.17. The number of para-hydroxylation sites is 1. The zero-order chi connectivity index (χ0) is 16.7. The van der Waals surface area contributed by atoms with Gasteiger partial charge in [-0.1, -0.05) is 30.7 Å². The van der Waals surface area contributed by atoms with Crippen molar-refractivity contribution in [3.05, 3.63) is 51.5 Å². The molecule has 0 aliphatic rings. The number of nitrogens with one attached hydrogen (secondary N) is 1. The number of hydrogen-bond acceptors (Lipinski definition) is 5. The van der Waals surface area contributed by atoms with Crippen LogP contribution in [0.2, 0.25) is 5.15 Å². The van der Waals surface area contributed by atoms with E-state index in [-0.39, 0.29) is 6.61 Å². The predicted molar refractivity (Wildman–Crippen MR) is 96.6 cm³/mol. The van der Waals surface area contributed by atoms with Crippen molar-refractivity contribution in [1.29, 1.82) is 0 Å². The summed E-state index contributed by atoms with van der Waals surface area (Å²) >= 11 is 8.00. The summed E-state index contributed by atoms with van der Waals surface area (Å²) in [6.07, 6.45) is 1.31. The average molecular weight is 359 g/mol. The Balaban J connectivity index is 1.77. The molecule has 0 fully saturated rings. The van der Waals surface area contributed by atoms with Crippen molar-refractivity contribution >= 4 is 44.2 Å². The minimum absolute atomic E-state index is 0.0799. The highest BCUT2D eigenvalue weighted by molar-refractivity contribution is 7.18. The third-order valence-electron chi connectivity index (χ3n) is 4.01. The molecule has 0 spiro atoms. The van der Waals surface area contributed by atoms with Crippen molar-refractivity contribution in [3.63, 3.8) is 0 Å². The molecule has 4 aromatic rings. The highest BCUT2D eigenvalue weighted by atomic mass is 35.5. The Morgan fingerprint density at radius 2 is 2.04 bits per heavy atom. The van der Waals surface area contributed by atoms with E-state index in [4.69, 9.17) is 11.6 Å². The van der Waals surface area contributed by atoms with Gasteiger partial charge in [-0.05, 0) is 18.6 Å². The number of hydrogen-bond donors (Lipinski definition) is 2. The van der Waals surface area contributed by atoms with Gasteiger partial charge in [-0.25, -0.2) is 15.0 Å². The van der Waals surface area contributed by atoms with E-state index in [1.165, 1.54) is 0 Å². The van der Waals surface area contributed by atoms with E-state index in [0.717, 1.165) is 32.9 Å². The number of benzene rings is 1. The lowest BCUT2D eigenvalue weighted by Crippen LogP contribution is -1.98. The van der Waals surface area contributed by atoms with Gasteiger partial charge < -0.3 is 10.1 Å². The topological polar surface area (TPSA) is 74.7 Å². The maximum atomic E-state index is 9.60. The molecule has 122 valence electrons. The van der Waals surface area contributed by atoms with Crippen molar-refractivity contribution in [2.45, 2.75) is 26.4 Å². The average Bonchev–Trinajstić information content (AvgIpc) is 3.14. The molecule has 3 aromatic heterocycles. The number of thiazole rings is 1. The Morgan fingerprint density at radius 1 is 1.21 bits per heavy atom. The van der Waals surface area contributed by atoms with Gasteiger partial charge in [-0.2, -0.15) is 0 Å². The first-order valence-corrected chi connectivity index (χ1v) is 8.90. The summed E-state index contributed by atoms with van der Waals surface area (Å²) in [6.45, 7) is 1.94. The predicted octanol–water partition coefficient (Wildman–Crippen LogP) is 3.87. The first-order valence-electron chi connectivity index (χ1n) is 7.70. The van der Waals surface area contributed by atoms with Crippen LogP contribution in [0, 0.1) is 0 Å². The lowest BCUT2D eigenvalue weighted by molar-refractivity contribution is 0.282. The standard InChI is InChI=1S/C17H15ClN4OS/c1-2-10-9(8-23)15-16(18)21-13(22-17(15)20-10)7-14-19-11-5-3-4-6-12(11)24-14/h3-6,23H,2,7-8H2,1H3,(H,20,21,22). The number of aryl methyl sites for hydroxylation is 1. The molecule has 0 saturated carbocycles. The second kappa shape index (κ2) is 6.12. The van der Waals surface area contributed by atoms with Crippen LogP contribution in [0.1, 0.15) is 29.0 Å². The van der Waals surface area contributed by atoms with Crippen molar-refractivity contribution < 1.29 is 5.11 Å². The second-order valence-corrected chi connectivity index (χ2v) is 6.97. The molecule has 0 unspecified atom stereocenters. The van der Waals surface area contributed by atoms with Gasteiger partial charge in [0.25, 0.3) is 0 Å². The Labute approximate surface area is 147 Å². The van der Waals surface area contributed by atoms with E-state index in [1.54, 1.807) is 11.3 Å². The summed E-state index contributed by atoms with van der Waals surface area (Å²) in [5.74, 6) is 0.625. The third kappa shape index (κ3) is 2.56. The van der Waals surface area contributed by atoms with Gasteiger partial charge in [0.2, 0.25) is 0 Å². The second-order valence-electron chi connectivity index (χ2n) is 5.50. The van der Waals surface area contributed by atoms with Crippen LogP contribution in [0.3, 0.4) is 0 Å². The van der Waals surface area contributed by atoms with E-state index in [1.807, 2.05) is 25.1 Å². The molecule has 0 atom stereocenters. The molecule has 2 N–H and O–H groups in total. The van der Waals surface area contributed by atoms with Crippen LogP contribution in [0.4, 0.5) is 0 Å². The minimum Gasteiger partial charge on any atom is -0.392 e. The summed E-state index contributed by atoms with van der Waals surface area (Å²) in [6, 6.07) is 8.04. The first-order chi connectivity index (χ1) is 11.7. The van der Waals surface area contributed by atoms with Gasteiger partial charge in [0.15, 0.2) is 0 Å². The number of aromatic amines is 1. The van der Waals surface area contributed by atoms with E-state index in [0.29, 0.717) is 28.4 Å². The summed E-state index contributed by atoms with van der Waals surface area (Å²) in [5, 5.41) is 11.6. The number of fused-ring (bicyclic) bond motifs is 2. The van der Waals surface area contributed by atoms with E-state index < -0.39 is 0 Å². The third-order valence-corrected chi connectivity index (χ3v) is 5.32. The fourth-order valence-corrected chi connectivity index (χ4v) is 4.16. The van der Waals surface area contributed by atoms with Gasteiger partial charge >= 0.3 is 0 Å². The van der Waals surface area contributed by atoms with Crippen LogP contribution in [-0.4, -0.2) is 25.0 Å². The number of nitrogens with zero attached hydrogens (tertiary/aromatic N) is 3. The normalized spacial score (nSPS) is 11.6. The number of aliphatic hydroxyl groups excluding tert-OH is 1. The quantitative estimate of drug-likeness (QED) is 0.543. The first kappa shape index (κ1) is 15.5. The van der Waals surface area contributed by atoms with Crippen LogP contribution < -0.4 is 0 Å². The number of aliphatic hydroxyl groups is 1. The SMILES string of the molecule is CCc1[nH]c2nc(Cc3nc4ccccc4s3)nc(Cl)c2c1CO. The van der Waals surface area contributed by atoms with Crippen LogP contribution in [0.25, 0.3) is 21.3 Å². The van der Waals surface area contributed by atoms with Gasteiger partial charge in [-0.15, -0.1) is 11.3 Å². The van der Waals surface area contributed by atoms with Gasteiger partial charge in [-0.3, -0.25) is 0 Å². The summed E-state index contributed by atoms with van der Waals surface area (Å²) in [4.78, 5) is 16.9. The lowest BCUT2D eigenvalue weighted by atomic mass is 10.1. The Morgan fingerprint density at radius 3 is 2.79 bits per heavy atom. The minimum atomic E-state index is -0.0799. The molecule has 0 aliphatic carbocycles. The molecular formula is C17H15ClN4OS. The van der Waals surface area contributed by atoms with Crippen molar-refractivity contribution in [3.8, 4) is 0 Å². The smallest absolute Gasteiger partial charge is 0.143 e. The maximum Gasteiger partial charge on any atom is 0.143 e. The van der Waals surface area contributed by atoms with Crippen LogP contribution in [0.5, 0.6) is 0 Å². The maximum absolute atomic E-state index is 9.60. The van der Waals surface area contributed by atoms with Crippen molar-refractivity contribution in [2.24, 2.45) is 0 Å². The van der Waals surface area contributed by atoms with Gasteiger partial charge in [0.1, 0.15) is 21.6 Å². The van der Waals surface area contributed by atoms with Crippen molar-refractivity contribution in [1.82, 2.24) is 19.9 Å². The molecule has 0 bridgehead atoms. The fourth-order valence-electron chi connectivity index (χ4n) is 2.89. The monoisotopic (exact) mass is 358 g/mol. The largest absolute Gasteiger partial charge is 0.392 e. The zero-order valence-corrected chi connectivity index (χ0v) is 14.6. The van der Waals surface area contributed by atoms with Crippen LogP contribution in [-0.2, 0) is 19.4 Å². The van der Waals surface area contributed by atoms with E-state index >= 15 is 0 Å². The van der Waals surface area contributed by atoms with Crippen LogP contribution >= 0.6 is 22.9 Å². The summed E-state index contributed by atoms with van der Waals surface area (Å²) < 4.78 is 1.15. The van der Waals surface area contributed by atoms with Crippen LogP contribution in [0.15, 0.2) is 24.3 Å². The molecule has 0 aliphatic heterocycles. The molecule has 0 amide bonds. The Hall–Kier alpha value is -2.02. The highest BCUT2D eigenvalue weighted by Crippen LogP contribution is 2.29. The van der Waals surface area contributed by atoms with Crippen molar-refractivity contribution in [2.75, 3.05) is 0 Å². The molecular weight excluding hydrogens is 344 g/mol. The summed E-state index contributed by atoms with van der Waals surface area (Å²) in [7, 11) is 0. The lowest BCUT2D eigenvalue weighted by Gasteiger charge is -2.01. The Bertz CT molecular complexity index is 1010. The molecule has 7 heteroatoms. The molecule has 1 aromatic carbocycles. The fraction of sp³-hybridized carbons (Fsp3) is 0.235. The molecule has 4 rings (SSSR count). The zero-order valence-electron chi connectivity index (χ0n) is 13.0. The molecule has 0 radical (unpaired) electrons. The van der Waals surface area contributed by atoms with Gasteiger partial charge in [0, 0.05) is 11.3 Å². The van der Waals surface area contributed by atoms with E-state index in [9.17, 15) is 5.11 Å². The summed E-state index contributed by atoms with van der Waals surface area (Å²) in [5.41, 5.74) is 3.39. The molecule has 24 heavy (non-hydrogen) atoms. The number of H-pyrrole nitrogens is 1.